The summed E-state index contributed by atoms with van der Waals surface area (Å²) in [4.78, 5) is 0. The van der Waals surface area contributed by atoms with Gasteiger partial charge in [0, 0.05) is 0 Å². The summed E-state index contributed by atoms with van der Waals surface area (Å²) < 4.78 is 0. The molecule has 0 fully saturated rings. The molecule has 18 heavy (non-hydrogen) atoms. The first-order valence-electron chi connectivity index (χ1n) is 6.66. The molecule has 0 radical (unpaired) electrons. The Labute approximate surface area is 111 Å². The zero-order chi connectivity index (χ0) is 14.1. The fraction of sp³-hybridized carbons (Fsp3) is 0.625. The minimum atomic E-state index is -0.831. The van der Waals surface area contributed by atoms with Gasteiger partial charge < -0.3 is 10.2 Å². The Bertz CT molecular complexity index is 347. The van der Waals surface area contributed by atoms with Gasteiger partial charge in [0.25, 0.3) is 0 Å². The molecule has 2 atom stereocenters. The first-order chi connectivity index (χ1) is 8.10. The second kappa shape index (κ2) is 5.02. The van der Waals surface area contributed by atoms with Crippen LogP contribution in [0.4, 0.5) is 0 Å². The van der Waals surface area contributed by atoms with Crippen molar-refractivity contribution in [2.24, 2.45) is 11.8 Å². The van der Waals surface area contributed by atoms with Gasteiger partial charge in [-0.1, -0.05) is 52.0 Å². The van der Waals surface area contributed by atoms with Gasteiger partial charge in [0.15, 0.2) is 0 Å². The third kappa shape index (κ3) is 2.76. The first-order valence-corrected chi connectivity index (χ1v) is 6.66. The van der Waals surface area contributed by atoms with E-state index in [1.54, 1.807) is 0 Å². The van der Waals surface area contributed by atoms with Crippen LogP contribution in [0.1, 0.15) is 52.7 Å². The molecule has 1 aromatic rings. The van der Waals surface area contributed by atoms with Crippen molar-refractivity contribution in [3.63, 3.8) is 0 Å². The first kappa shape index (κ1) is 15.2. The van der Waals surface area contributed by atoms with Crippen molar-refractivity contribution in [1.29, 1.82) is 0 Å². The van der Waals surface area contributed by atoms with E-state index in [1.165, 1.54) is 0 Å². The monoisotopic (exact) mass is 250 g/mol. The predicted molar refractivity (Wildman–Crippen MR) is 75.3 cm³/mol. The maximum atomic E-state index is 10.4. The summed E-state index contributed by atoms with van der Waals surface area (Å²) in [7, 11) is 0. The van der Waals surface area contributed by atoms with Gasteiger partial charge in [-0.2, -0.15) is 0 Å². The molecule has 0 bridgehead atoms. The maximum Gasteiger partial charge on any atom is 0.0891 e. The van der Waals surface area contributed by atoms with Crippen molar-refractivity contribution >= 4 is 0 Å². The summed E-state index contributed by atoms with van der Waals surface area (Å²) in [5.74, 6) is 0.294. The van der Waals surface area contributed by atoms with Gasteiger partial charge in [0.2, 0.25) is 0 Å². The van der Waals surface area contributed by atoms with Crippen LogP contribution in [0.15, 0.2) is 24.3 Å². The topological polar surface area (TPSA) is 40.5 Å². The molecule has 102 valence electrons. The predicted octanol–water partition coefficient (Wildman–Crippen LogP) is 3.41. The van der Waals surface area contributed by atoms with E-state index >= 15 is 0 Å². The zero-order valence-electron chi connectivity index (χ0n) is 12.4. The van der Waals surface area contributed by atoms with E-state index in [-0.39, 0.29) is 11.8 Å². The summed E-state index contributed by atoms with van der Waals surface area (Å²) in [6, 6.07) is 7.64. The second-order valence-corrected chi connectivity index (χ2v) is 6.18. The van der Waals surface area contributed by atoms with Crippen molar-refractivity contribution < 1.29 is 10.2 Å². The maximum absolute atomic E-state index is 10.4. The molecule has 0 aliphatic rings. The quantitative estimate of drug-likeness (QED) is 0.859. The molecule has 0 spiro atoms. The van der Waals surface area contributed by atoms with Gasteiger partial charge in [0.05, 0.1) is 11.2 Å². The summed E-state index contributed by atoms with van der Waals surface area (Å²) in [5.41, 5.74) is 0.117. The lowest BCUT2D eigenvalue weighted by Crippen LogP contribution is -2.30. The smallest absolute Gasteiger partial charge is 0.0891 e. The highest BCUT2D eigenvalue weighted by molar-refractivity contribution is 5.30. The van der Waals surface area contributed by atoms with Crippen molar-refractivity contribution in [3.8, 4) is 0 Å². The van der Waals surface area contributed by atoms with Crippen LogP contribution in [0.5, 0.6) is 0 Å². The van der Waals surface area contributed by atoms with E-state index in [1.807, 2.05) is 65.8 Å². The summed E-state index contributed by atoms with van der Waals surface area (Å²) in [6.45, 7) is 11.6. The molecule has 2 heteroatoms. The Morgan fingerprint density at radius 1 is 0.722 bits per heavy atom. The van der Waals surface area contributed by atoms with Gasteiger partial charge in [-0.3, -0.25) is 0 Å². The third-order valence-corrected chi connectivity index (χ3v) is 4.30. The standard InChI is InChI=1S/C16H26O2/c1-11(2)15(5,17)13-7-9-14(10-8-13)16(6,18)12(3)4/h7-12,17-18H,1-6H3. The van der Waals surface area contributed by atoms with Crippen molar-refractivity contribution in [2.45, 2.75) is 52.7 Å². The molecule has 0 aliphatic heterocycles. The van der Waals surface area contributed by atoms with Crippen molar-refractivity contribution in [2.75, 3.05) is 0 Å². The normalized spacial score (nSPS) is 18.8. The highest BCUT2D eigenvalue weighted by Gasteiger charge is 2.30. The molecule has 2 N–H and O–H groups in total. The van der Waals surface area contributed by atoms with Gasteiger partial charge in [-0.25, -0.2) is 0 Å². The fourth-order valence-electron chi connectivity index (χ4n) is 1.81. The fourth-order valence-corrected chi connectivity index (χ4v) is 1.81. The lowest BCUT2D eigenvalue weighted by Gasteiger charge is -2.31. The van der Waals surface area contributed by atoms with Crippen LogP contribution in [0.3, 0.4) is 0 Å². The molecule has 0 heterocycles. The summed E-state index contributed by atoms with van der Waals surface area (Å²) >= 11 is 0. The van der Waals surface area contributed by atoms with Crippen LogP contribution in [0.2, 0.25) is 0 Å². The molecule has 0 saturated carbocycles. The molecular formula is C16H26O2. The van der Waals surface area contributed by atoms with Crippen LogP contribution in [0.25, 0.3) is 0 Å². The molecule has 0 amide bonds. The molecule has 1 rings (SSSR count). The Kier molecular flexibility index (Phi) is 4.24. The van der Waals surface area contributed by atoms with E-state index in [0.29, 0.717) is 0 Å². The van der Waals surface area contributed by atoms with E-state index < -0.39 is 11.2 Å². The van der Waals surface area contributed by atoms with Crippen LogP contribution in [-0.2, 0) is 11.2 Å². The van der Waals surface area contributed by atoms with Gasteiger partial charge >= 0.3 is 0 Å². The van der Waals surface area contributed by atoms with Gasteiger partial charge in [-0.05, 0) is 36.8 Å². The molecule has 0 aliphatic carbocycles. The van der Waals surface area contributed by atoms with Crippen LogP contribution in [-0.4, -0.2) is 10.2 Å². The largest absolute Gasteiger partial charge is 0.385 e. The number of aliphatic hydroxyl groups is 2. The summed E-state index contributed by atoms with van der Waals surface area (Å²) in [5, 5.41) is 20.8. The van der Waals surface area contributed by atoms with E-state index in [2.05, 4.69) is 0 Å². The van der Waals surface area contributed by atoms with Crippen LogP contribution in [0, 0.1) is 11.8 Å². The molecule has 0 aromatic heterocycles. The van der Waals surface area contributed by atoms with Crippen LogP contribution >= 0.6 is 0 Å². The highest BCUT2D eigenvalue weighted by atomic mass is 16.3. The molecular weight excluding hydrogens is 224 g/mol. The minimum absolute atomic E-state index is 0.147. The minimum Gasteiger partial charge on any atom is -0.385 e. The van der Waals surface area contributed by atoms with Crippen LogP contribution < -0.4 is 0 Å². The molecule has 2 unspecified atom stereocenters. The van der Waals surface area contributed by atoms with Gasteiger partial charge in [0.1, 0.15) is 0 Å². The Morgan fingerprint density at radius 3 is 1.11 bits per heavy atom. The zero-order valence-corrected chi connectivity index (χ0v) is 12.4. The second-order valence-electron chi connectivity index (χ2n) is 6.18. The third-order valence-electron chi connectivity index (χ3n) is 4.30. The average Bonchev–Trinajstić information content (AvgIpc) is 2.28. The highest BCUT2D eigenvalue weighted by Crippen LogP contribution is 2.33. The van der Waals surface area contributed by atoms with Gasteiger partial charge in [-0.15, -0.1) is 0 Å². The Morgan fingerprint density at radius 2 is 0.944 bits per heavy atom. The lowest BCUT2D eigenvalue weighted by atomic mass is 9.81. The van der Waals surface area contributed by atoms with Crippen molar-refractivity contribution in [3.05, 3.63) is 35.4 Å². The number of rotatable bonds is 4. The number of hydrogen-bond donors (Lipinski definition) is 2. The molecule has 2 nitrogen and oxygen atoms in total. The lowest BCUT2D eigenvalue weighted by molar-refractivity contribution is 0.00548. The van der Waals surface area contributed by atoms with E-state index in [4.69, 9.17) is 0 Å². The van der Waals surface area contributed by atoms with E-state index in [9.17, 15) is 10.2 Å². The number of hydrogen-bond acceptors (Lipinski definition) is 2. The van der Waals surface area contributed by atoms with Crippen molar-refractivity contribution in [1.82, 2.24) is 0 Å². The SMILES string of the molecule is CC(C)C(C)(O)c1ccc(C(C)(O)C(C)C)cc1. The Hall–Kier alpha value is -0.860. The Balaban J connectivity index is 3.08. The molecule has 1 aromatic carbocycles. The number of benzene rings is 1. The molecule has 0 saturated heterocycles. The van der Waals surface area contributed by atoms with E-state index in [0.717, 1.165) is 11.1 Å². The average molecular weight is 250 g/mol. The summed E-state index contributed by atoms with van der Waals surface area (Å²) in [6.07, 6.45) is 0.